The lowest BCUT2D eigenvalue weighted by Crippen LogP contribution is -2.42. The first-order valence-corrected chi connectivity index (χ1v) is 10.2. The summed E-state index contributed by atoms with van der Waals surface area (Å²) in [6.07, 6.45) is 2.97. The van der Waals surface area contributed by atoms with Crippen LogP contribution in [0.25, 0.3) is 10.8 Å². The summed E-state index contributed by atoms with van der Waals surface area (Å²) in [7, 11) is 1.63. The van der Waals surface area contributed by atoms with Crippen LogP contribution in [0.4, 0.5) is 0 Å². The quantitative estimate of drug-likeness (QED) is 0.732. The lowest BCUT2D eigenvalue weighted by Gasteiger charge is -2.38. The van der Waals surface area contributed by atoms with E-state index in [1.165, 1.54) is 13.3 Å². The topological polar surface area (TPSA) is 55.8 Å². The maximum Gasteiger partial charge on any atom is 0.342 e. The third-order valence-electron chi connectivity index (χ3n) is 6.23. The van der Waals surface area contributed by atoms with Crippen molar-refractivity contribution in [2.24, 2.45) is 17.8 Å². The van der Waals surface area contributed by atoms with Gasteiger partial charge >= 0.3 is 5.97 Å². The molecular formula is C24H32O4. The van der Waals surface area contributed by atoms with Crippen molar-refractivity contribution in [2.75, 3.05) is 7.11 Å². The Morgan fingerprint density at radius 2 is 1.82 bits per heavy atom. The SMILES string of the molecule is COc1ccc2cc([C@](C)(O)C(=O)O[C@@H]3C[C@@H](C)CC[C@H]3C(C)C)ccc2c1. The summed E-state index contributed by atoms with van der Waals surface area (Å²) in [5, 5.41) is 13.0. The molecule has 1 saturated carbocycles. The third-order valence-corrected chi connectivity index (χ3v) is 6.23. The molecule has 2 aromatic rings. The van der Waals surface area contributed by atoms with Crippen LogP contribution in [-0.4, -0.2) is 24.3 Å². The number of carbonyl (C=O) groups excluding carboxylic acids is 1. The van der Waals surface area contributed by atoms with Crippen molar-refractivity contribution in [3.05, 3.63) is 42.0 Å². The first-order chi connectivity index (χ1) is 13.2. The van der Waals surface area contributed by atoms with E-state index in [0.717, 1.165) is 29.4 Å². The van der Waals surface area contributed by atoms with E-state index in [0.29, 0.717) is 23.3 Å². The standard InChI is InChI=1S/C24H32O4/c1-15(2)21-11-6-16(3)12-22(21)28-23(25)24(4,26)19-9-7-18-14-20(27-5)10-8-17(18)13-19/h7-10,13-16,21-22,26H,6,11-12H2,1-5H3/t16-,21-,22+,24-/m0/s1. The fraction of sp³-hybridized carbons (Fsp3) is 0.542. The summed E-state index contributed by atoms with van der Waals surface area (Å²) >= 11 is 0. The highest BCUT2D eigenvalue weighted by Gasteiger charge is 2.40. The van der Waals surface area contributed by atoms with Crippen molar-refractivity contribution < 1.29 is 19.4 Å². The van der Waals surface area contributed by atoms with Gasteiger partial charge in [0.25, 0.3) is 0 Å². The van der Waals surface area contributed by atoms with Gasteiger partial charge < -0.3 is 14.6 Å². The summed E-state index contributed by atoms with van der Waals surface area (Å²) < 4.78 is 11.2. The van der Waals surface area contributed by atoms with Crippen LogP contribution in [0.5, 0.6) is 5.75 Å². The van der Waals surface area contributed by atoms with Crippen molar-refractivity contribution in [1.82, 2.24) is 0 Å². The van der Waals surface area contributed by atoms with E-state index in [4.69, 9.17) is 9.47 Å². The van der Waals surface area contributed by atoms with E-state index in [1.54, 1.807) is 13.2 Å². The summed E-state index contributed by atoms with van der Waals surface area (Å²) in [5.41, 5.74) is -1.14. The molecular weight excluding hydrogens is 352 g/mol. The molecule has 1 N–H and O–H groups in total. The zero-order chi connectivity index (χ0) is 20.5. The molecule has 3 rings (SSSR count). The molecule has 0 bridgehead atoms. The van der Waals surface area contributed by atoms with Crippen LogP contribution >= 0.6 is 0 Å². The smallest absolute Gasteiger partial charge is 0.342 e. The molecule has 4 nitrogen and oxygen atoms in total. The first-order valence-electron chi connectivity index (χ1n) is 10.2. The Morgan fingerprint density at radius 3 is 2.50 bits per heavy atom. The second kappa shape index (κ2) is 8.12. The van der Waals surface area contributed by atoms with Crippen LogP contribution < -0.4 is 4.74 Å². The van der Waals surface area contributed by atoms with Crippen molar-refractivity contribution in [1.29, 1.82) is 0 Å². The van der Waals surface area contributed by atoms with Gasteiger partial charge in [0.05, 0.1) is 7.11 Å². The summed E-state index contributed by atoms with van der Waals surface area (Å²) in [4.78, 5) is 13.0. The van der Waals surface area contributed by atoms with Crippen LogP contribution in [0.1, 0.15) is 52.5 Å². The number of benzene rings is 2. The van der Waals surface area contributed by atoms with E-state index >= 15 is 0 Å². The molecule has 0 saturated heterocycles. The molecule has 0 unspecified atom stereocenters. The van der Waals surface area contributed by atoms with Crippen LogP contribution in [0.3, 0.4) is 0 Å². The molecule has 1 fully saturated rings. The maximum absolute atomic E-state index is 13.0. The van der Waals surface area contributed by atoms with Gasteiger partial charge in [-0.2, -0.15) is 0 Å². The predicted octanol–water partition coefficient (Wildman–Crippen LogP) is 5.06. The lowest BCUT2D eigenvalue weighted by atomic mass is 9.75. The largest absolute Gasteiger partial charge is 0.497 e. The predicted molar refractivity (Wildman–Crippen MR) is 111 cm³/mol. The molecule has 0 amide bonds. The van der Waals surface area contributed by atoms with Gasteiger partial charge in [-0.05, 0) is 72.1 Å². The van der Waals surface area contributed by atoms with Gasteiger partial charge in [0.1, 0.15) is 11.9 Å². The van der Waals surface area contributed by atoms with E-state index < -0.39 is 11.6 Å². The number of esters is 1. The van der Waals surface area contributed by atoms with Gasteiger partial charge in [0.15, 0.2) is 5.60 Å². The molecule has 28 heavy (non-hydrogen) atoms. The number of carbonyl (C=O) groups is 1. The average molecular weight is 385 g/mol. The van der Waals surface area contributed by atoms with Crippen molar-refractivity contribution in [3.8, 4) is 5.75 Å². The molecule has 0 heterocycles. The Bertz CT molecular complexity index is 840. The van der Waals surface area contributed by atoms with Gasteiger partial charge in [-0.25, -0.2) is 4.79 Å². The van der Waals surface area contributed by atoms with Crippen molar-refractivity contribution in [3.63, 3.8) is 0 Å². The lowest BCUT2D eigenvalue weighted by molar-refractivity contribution is -0.177. The Kier molecular flexibility index (Phi) is 5.99. The fourth-order valence-corrected chi connectivity index (χ4v) is 4.27. The zero-order valence-electron chi connectivity index (χ0n) is 17.6. The van der Waals surface area contributed by atoms with Gasteiger partial charge in [-0.15, -0.1) is 0 Å². The number of hydrogen-bond acceptors (Lipinski definition) is 4. The van der Waals surface area contributed by atoms with Crippen LogP contribution in [-0.2, 0) is 15.1 Å². The molecule has 1 aliphatic carbocycles. The minimum absolute atomic E-state index is 0.132. The second-order valence-corrected chi connectivity index (χ2v) is 8.77. The average Bonchev–Trinajstić information content (AvgIpc) is 2.66. The summed E-state index contributed by atoms with van der Waals surface area (Å²) in [6.45, 7) is 8.08. The number of fused-ring (bicyclic) bond motifs is 1. The van der Waals surface area contributed by atoms with Crippen LogP contribution in [0.15, 0.2) is 36.4 Å². The maximum atomic E-state index is 13.0. The summed E-state index contributed by atoms with van der Waals surface area (Å²) in [6, 6.07) is 11.3. The van der Waals surface area contributed by atoms with E-state index in [-0.39, 0.29) is 6.10 Å². The second-order valence-electron chi connectivity index (χ2n) is 8.77. The van der Waals surface area contributed by atoms with Crippen molar-refractivity contribution >= 4 is 16.7 Å². The summed E-state index contributed by atoms with van der Waals surface area (Å²) in [5.74, 6) is 1.54. The molecule has 4 atom stereocenters. The normalized spacial score (nSPS) is 24.8. The minimum Gasteiger partial charge on any atom is -0.497 e. The number of rotatable bonds is 5. The molecule has 1 aliphatic rings. The highest BCUT2D eigenvalue weighted by Crippen LogP contribution is 2.37. The van der Waals surface area contributed by atoms with Gasteiger partial charge in [-0.1, -0.05) is 45.4 Å². The first kappa shape index (κ1) is 20.7. The molecule has 0 aromatic heterocycles. The minimum atomic E-state index is -1.68. The van der Waals surface area contributed by atoms with E-state index in [1.807, 2.05) is 30.3 Å². The highest BCUT2D eigenvalue weighted by molar-refractivity contribution is 5.87. The van der Waals surface area contributed by atoms with Gasteiger partial charge in [0.2, 0.25) is 0 Å². The van der Waals surface area contributed by atoms with Gasteiger partial charge in [-0.3, -0.25) is 0 Å². The molecule has 4 heteroatoms. The Hall–Kier alpha value is -2.07. The number of hydrogen-bond donors (Lipinski definition) is 1. The molecule has 2 aromatic carbocycles. The fourth-order valence-electron chi connectivity index (χ4n) is 4.27. The third kappa shape index (κ3) is 4.17. The highest BCUT2D eigenvalue weighted by atomic mass is 16.6. The molecule has 0 aliphatic heterocycles. The number of methoxy groups -OCH3 is 1. The van der Waals surface area contributed by atoms with E-state index in [9.17, 15) is 9.90 Å². The molecule has 0 spiro atoms. The Morgan fingerprint density at radius 1 is 1.14 bits per heavy atom. The molecule has 152 valence electrons. The zero-order valence-corrected chi connectivity index (χ0v) is 17.6. The number of ether oxygens (including phenoxy) is 2. The van der Waals surface area contributed by atoms with Gasteiger partial charge in [0, 0.05) is 0 Å². The van der Waals surface area contributed by atoms with Crippen LogP contribution in [0, 0.1) is 17.8 Å². The molecule has 0 radical (unpaired) electrons. The van der Waals surface area contributed by atoms with E-state index in [2.05, 4.69) is 20.8 Å². The Balaban J connectivity index is 1.82. The number of aliphatic hydroxyl groups is 1. The monoisotopic (exact) mass is 384 g/mol. The van der Waals surface area contributed by atoms with Crippen LogP contribution in [0.2, 0.25) is 0 Å². The van der Waals surface area contributed by atoms with Crippen molar-refractivity contribution in [2.45, 2.75) is 58.7 Å². The Labute approximate surface area is 167 Å².